The Kier molecular flexibility index (Phi) is 3.95. The van der Waals surface area contributed by atoms with Crippen molar-refractivity contribution in [2.24, 2.45) is 11.1 Å². The predicted octanol–water partition coefficient (Wildman–Crippen LogP) is 1.71. The number of nitrogens with two attached hydrogens (primary N) is 1. The van der Waals surface area contributed by atoms with Crippen LogP contribution in [0.1, 0.15) is 52.9 Å². The highest BCUT2D eigenvalue weighted by Crippen LogP contribution is 2.62. The molecule has 0 saturated heterocycles. The predicted molar refractivity (Wildman–Crippen MR) is 77.6 cm³/mol. The van der Waals surface area contributed by atoms with Gasteiger partial charge in [-0.25, -0.2) is 4.79 Å². The minimum Gasteiger partial charge on any atom is -0.468 e. The van der Waals surface area contributed by atoms with Crippen molar-refractivity contribution in [2.45, 2.75) is 70.1 Å². The second-order valence-electron chi connectivity index (χ2n) is 7.22. The van der Waals surface area contributed by atoms with Crippen LogP contribution < -0.4 is 11.1 Å². The molecular weight excluding hydrogens is 272 g/mol. The Labute approximate surface area is 125 Å². The van der Waals surface area contributed by atoms with E-state index in [0.717, 1.165) is 32.1 Å². The minimum absolute atomic E-state index is 0.380. The van der Waals surface area contributed by atoms with Crippen LogP contribution in [-0.2, 0) is 14.3 Å². The van der Waals surface area contributed by atoms with E-state index in [4.69, 9.17) is 15.2 Å². The highest BCUT2D eigenvalue weighted by molar-refractivity contribution is 5.78. The quantitative estimate of drug-likeness (QED) is 0.771. The van der Waals surface area contributed by atoms with Crippen LogP contribution in [0.15, 0.2) is 0 Å². The largest absolute Gasteiger partial charge is 0.468 e. The van der Waals surface area contributed by atoms with E-state index < -0.39 is 29.2 Å². The smallest absolute Gasteiger partial charge is 0.408 e. The molecule has 2 rings (SSSR count). The molecule has 1 atom stereocenters. The lowest BCUT2D eigenvalue weighted by molar-refractivity contribution is -0.146. The number of alkyl carbamates (subject to hydrolysis) is 1. The van der Waals surface area contributed by atoms with E-state index in [9.17, 15) is 9.59 Å². The van der Waals surface area contributed by atoms with Crippen LogP contribution >= 0.6 is 0 Å². The van der Waals surface area contributed by atoms with E-state index in [2.05, 4.69) is 5.32 Å². The number of carbonyl (C=O) groups excluding carboxylic acids is 2. The van der Waals surface area contributed by atoms with Crippen LogP contribution in [0.25, 0.3) is 0 Å². The standard InChI is InChI=1S/C15H26N2O4/c1-13(2,3)21-12(19)17-15(6-5-7-15)14(8-9-14)10(16)11(18)20-4/h10H,5-9,16H2,1-4H3,(H,17,19). The lowest BCUT2D eigenvalue weighted by Gasteiger charge is -2.50. The zero-order valence-corrected chi connectivity index (χ0v) is 13.3. The zero-order valence-electron chi connectivity index (χ0n) is 13.3. The van der Waals surface area contributed by atoms with Crippen molar-refractivity contribution >= 4 is 12.1 Å². The molecule has 0 spiro atoms. The third-order valence-electron chi connectivity index (χ3n) is 4.74. The monoisotopic (exact) mass is 298 g/mol. The van der Waals surface area contributed by atoms with E-state index in [1.54, 1.807) is 0 Å². The third kappa shape index (κ3) is 2.86. The molecular formula is C15H26N2O4. The summed E-state index contributed by atoms with van der Waals surface area (Å²) in [5.74, 6) is -0.412. The van der Waals surface area contributed by atoms with Crippen molar-refractivity contribution < 1.29 is 19.1 Å². The van der Waals surface area contributed by atoms with Gasteiger partial charge in [0.25, 0.3) is 0 Å². The van der Waals surface area contributed by atoms with E-state index in [-0.39, 0.29) is 5.41 Å². The van der Waals surface area contributed by atoms with E-state index in [1.165, 1.54) is 7.11 Å². The van der Waals surface area contributed by atoms with E-state index >= 15 is 0 Å². The Morgan fingerprint density at radius 1 is 1.19 bits per heavy atom. The number of nitrogens with one attached hydrogen (secondary N) is 1. The van der Waals surface area contributed by atoms with Gasteiger partial charge in [-0.1, -0.05) is 0 Å². The summed E-state index contributed by atoms with van der Waals surface area (Å²) in [4.78, 5) is 23.9. The zero-order chi connectivity index (χ0) is 15.9. The summed E-state index contributed by atoms with van der Waals surface area (Å²) in [6.45, 7) is 5.48. The highest BCUT2D eigenvalue weighted by Gasteiger charge is 2.67. The third-order valence-corrected chi connectivity index (χ3v) is 4.74. The van der Waals surface area contributed by atoms with Gasteiger partial charge in [0.2, 0.25) is 0 Å². The molecule has 0 heterocycles. The summed E-state index contributed by atoms with van der Waals surface area (Å²) in [5.41, 5.74) is 4.75. The normalized spacial score (nSPS) is 23.5. The molecule has 3 N–H and O–H groups in total. The fraction of sp³-hybridized carbons (Fsp3) is 0.867. The molecule has 2 fully saturated rings. The molecule has 0 bridgehead atoms. The van der Waals surface area contributed by atoms with Gasteiger partial charge in [0.15, 0.2) is 0 Å². The van der Waals surface area contributed by atoms with Gasteiger partial charge in [-0.15, -0.1) is 0 Å². The summed E-state index contributed by atoms with van der Waals surface area (Å²) in [7, 11) is 1.34. The van der Waals surface area contributed by atoms with Gasteiger partial charge in [0, 0.05) is 5.41 Å². The Morgan fingerprint density at radius 2 is 1.76 bits per heavy atom. The second kappa shape index (κ2) is 5.16. The number of hydrogen-bond donors (Lipinski definition) is 2. The van der Waals surface area contributed by atoms with Crippen LogP contribution in [0, 0.1) is 5.41 Å². The number of methoxy groups -OCH3 is 1. The van der Waals surface area contributed by atoms with E-state index in [0.29, 0.717) is 0 Å². The van der Waals surface area contributed by atoms with Gasteiger partial charge in [-0.2, -0.15) is 0 Å². The molecule has 21 heavy (non-hydrogen) atoms. The Morgan fingerprint density at radius 3 is 2.10 bits per heavy atom. The summed E-state index contributed by atoms with van der Waals surface area (Å²) in [6.07, 6.45) is 3.91. The molecule has 1 amide bonds. The highest BCUT2D eigenvalue weighted by atomic mass is 16.6. The maximum atomic E-state index is 12.1. The average molecular weight is 298 g/mol. The maximum Gasteiger partial charge on any atom is 0.408 e. The number of carbonyl (C=O) groups is 2. The number of amides is 1. The van der Waals surface area contributed by atoms with E-state index in [1.807, 2.05) is 20.8 Å². The van der Waals surface area contributed by atoms with Gasteiger partial charge in [0.05, 0.1) is 12.6 Å². The first kappa shape index (κ1) is 16.1. The van der Waals surface area contributed by atoms with Gasteiger partial charge >= 0.3 is 12.1 Å². The van der Waals surface area contributed by atoms with Crippen molar-refractivity contribution in [3.05, 3.63) is 0 Å². The SMILES string of the molecule is COC(=O)C(N)C1(C2(NC(=O)OC(C)(C)C)CCC2)CC1. The minimum atomic E-state index is -0.697. The van der Waals surface area contributed by atoms with Crippen LogP contribution in [0.2, 0.25) is 0 Å². The number of rotatable bonds is 4. The molecule has 0 aromatic rings. The molecule has 6 nitrogen and oxygen atoms in total. The number of esters is 1. The van der Waals surface area contributed by atoms with Gasteiger partial charge in [0.1, 0.15) is 11.6 Å². The van der Waals surface area contributed by atoms with Gasteiger partial charge < -0.3 is 20.5 Å². The number of ether oxygens (including phenoxy) is 2. The molecule has 0 aromatic heterocycles. The van der Waals surface area contributed by atoms with Crippen molar-refractivity contribution in [3.63, 3.8) is 0 Å². The summed E-state index contributed by atoms with van der Waals surface area (Å²) in [6, 6.07) is -0.697. The lowest BCUT2D eigenvalue weighted by Crippen LogP contribution is -2.65. The van der Waals surface area contributed by atoms with Gasteiger partial charge in [-0.05, 0) is 52.9 Å². The van der Waals surface area contributed by atoms with Crippen LogP contribution in [0.3, 0.4) is 0 Å². The van der Waals surface area contributed by atoms with Gasteiger partial charge in [-0.3, -0.25) is 4.79 Å². The fourth-order valence-corrected chi connectivity index (χ4v) is 3.35. The Hall–Kier alpha value is -1.30. The van der Waals surface area contributed by atoms with Crippen molar-refractivity contribution in [1.82, 2.24) is 5.32 Å². The molecule has 2 saturated carbocycles. The Bertz CT molecular complexity index is 433. The van der Waals surface area contributed by atoms with Crippen LogP contribution in [0.5, 0.6) is 0 Å². The Balaban J connectivity index is 2.11. The molecule has 0 aliphatic heterocycles. The van der Waals surface area contributed by atoms with Crippen molar-refractivity contribution in [1.29, 1.82) is 0 Å². The molecule has 2 aliphatic carbocycles. The first-order valence-electron chi connectivity index (χ1n) is 7.50. The summed E-state index contributed by atoms with van der Waals surface area (Å²) >= 11 is 0. The lowest BCUT2D eigenvalue weighted by atomic mass is 9.63. The fourth-order valence-electron chi connectivity index (χ4n) is 3.35. The van der Waals surface area contributed by atoms with Crippen molar-refractivity contribution in [3.8, 4) is 0 Å². The molecule has 0 radical (unpaired) electrons. The molecule has 120 valence electrons. The topological polar surface area (TPSA) is 90.6 Å². The molecule has 2 aliphatic rings. The summed E-state index contributed by atoms with van der Waals surface area (Å²) < 4.78 is 10.1. The number of hydrogen-bond acceptors (Lipinski definition) is 5. The molecule has 1 unspecified atom stereocenters. The first-order chi connectivity index (χ1) is 9.66. The summed E-state index contributed by atoms with van der Waals surface area (Å²) in [5, 5.41) is 3.00. The maximum absolute atomic E-state index is 12.1. The van der Waals surface area contributed by atoms with Crippen molar-refractivity contribution in [2.75, 3.05) is 7.11 Å². The molecule has 0 aromatic carbocycles. The van der Waals surface area contributed by atoms with Crippen LogP contribution in [-0.4, -0.2) is 36.4 Å². The second-order valence-corrected chi connectivity index (χ2v) is 7.22. The first-order valence-corrected chi connectivity index (χ1v) is 7.50. The molecule has 6 heteroatoms. The average Bonchev–Trinajstić information content (AvgIpc) is 3.11. The van der Waals surface area contributed by atoms with Crippen LogP contribution in [0.4, 0.5) is 4.79 Å².